The highest BCUT2D eigenvalue weighted by Gasteiger charge is 2.28. The van der Waals surface area contributed by atoms with Crippen molar-refractivity contribution in [3.63, 3.8) is 0 Å². The van der Waals surface area contributed by atoms with Crippen molar-refractivity contribution < 1.29 is 14.7 Å². The minimum Gasteiger partial charge on any atom is -0.481 e. The molecule has 13 heavy (non-hydrogen) atoms. The lowest BCUT2D eigenvalue weighted by Gasteiger charge is -2.20. The molecule has 0 aromatic carbocycles. The number of amides is 1. The van der Waals surface area contributed by atoms with Crippen LogP contribution in [0.2, 0.25) is 0 Å². The molecule has 74 valence electrons. The van der Waals surface area contributed by atoms with Gasteiger partial charge < -0.3 is 10.8 Å². The number of rotatable bonds is 4. The first-order valence-corrected chi connectivity index (χ1v) is 4.36. The molecule has 1 amide bonds. The molecule has 1 aliphatic rings. The lowest BCUT2D eigenvalue weighted by atomic mass is 10.2. The fraction of sp³-hybridized carbons (Fsp3) is 0.750. The Kier molecular flexibility index (Phi) is 3.25. The van der Waals surface area contributed by atoms with E-state index in [1.807, 2.05) is 4.90 Å². The van der Waals surface area contributed by atoms with Crippen molar-refractivity contribution in [2.75, 3.05) is 13.1 Å². The summed E-state index contributed by atoms with van der Waals surface area (Å²) in [4.78, 5) is 23.0. The molecular formula is C8H14N2O3. The Morgan fingerprint density at radius 2 is 2.23 bits per heavy atom. The smallest absolute Gasteiger partial charge is 0.304 e. The van der Waals surface area contributed by atoms with E-state index in [0.717, 1.165) is 19.4 Å². The maximum atomic E-state index is 10.9. The van der Waals surface area contributed by atoms with Crippen LogP contribution in [0, 0.1) is 0 Å². The zero-order chi connectivity index (χ0) is 9.84. The highest BCUT2D eigenvalue weighted by molar-refractivity contribution is 5.80. The third-order valence-corrected chi connectivity index (χ3v) is 2.30. The van der Waals surface area contributed by atoms with Gasteiger partial charge in [0.1, 0.15) is 0 Å². The van der Waals surface area contributed by atoms with Crippen LogP contribution >= 0.6 is 0 Å². The van der Waals surface area contributed by atoms with Crippen LogP contribution in [0.1, 0.15) is 19.3 Å². The number of hydrogen-bond acceptors (Lipinski definition) is 3. The van der Waals surface area contributed by atoms with E-state index < -0.39 is 5.97 Å². The monoisotopic (exact) mass is 186 g/mol. The molecule has 1 unspecified atom stereocenters. The number of carbonyl (C=O) groups is 2. The molecule has 1 rings (SSSR count). The van der Waals surface area contributed by atoms with Crippen LogP contribution in [0.25, 0.3) is 0 Å². The lowest BCUT2D eigenvalue weighted by Crippen LogP contribution is -2.41. The Morgan fingerprint density at radius 3 is 2.77 bits per heavy atom. The molecule has 0 aliphatic carbocycles. The second kappa shape index (κ2) is 4.23. The van der Waals surface area contributed by atoms with Gasteiger partial charge in [-0.15, -0.1) is 0 Å². The quantitative estimate of drug-likeness (QED) is 0.614. The minimum atomic E-state index is -0.838. The zero-order valence-electron chi connectivity index (χ0n) is 7.40. The molecule has 1 heterocycles. The molecule has 5 heteroatoms. The van der Waals surface area contributed by atoms with Gasteiger partial charge in [-0.2, -0.15) is 0 Å². The number of carboxylic acids is 1. The SMILES string of the molecule is NC(=O)C1CCCN1CCC(=O)O. The van der Waals surface area contributed by atoms with E-state index in [4.69, 9.17) is 10.8 Å². The van der Waals surface area contributed by atoms with Gasteiger partial charge in [0.15, 0.2) is 0 Å². The Hall–Kier alpha value is -1.10. The van der Waals surface area contributed by atoms with Crippen molar-refractivity contribution in [2.45, 2.75) is 25.3 Å². The molecule has 0 spiro atoms. The van der Waals surface area contributed by atoms with E-state index in [9.17, 15) is 9.59 Å². The van der Waals surface area contributed by atoms with E-state index in [2.05, 4.69) is 0 Å². The first-order valence-electron chi connectivity index (χ1n) is 4.36. The number of nitrogens with two attached hydrogens (primary N) is 1. The predicted octanol–water partition coefficient (Wildman–Crippen LogP) is -0.589. The molecule has 1 aliphatic heterocycles. The molecular weight excluding hydrogens is 172 g/mol. The van der Waals surface area contributed by atoms with Gasteiger partial charge in [-0.25, -0.2) is 0 Å². The first kappa shape index (κ1) is 9.98. The Labute approximate surface area is 76.5 Å². The van der Waals surface area contributed by atoms with Gasteiger partial charge in [0.05, 0.1) is 12.5 Å². The van der Waals surface area contributed by atoms with Gasteiger partial charge in [-0.05, 0) is 19.4 Å². The van der Waals surface area contributed by atoms with Gasteiger partial charge >= 0.3 is 5.97 Å². The summed E-state index contributed by atoms with van der Waals surface area (Å²) in [5, 5.41) is 8.46. The number of aliphatic carboxylic acids is 1. The van der Waals surface area contributed by atoms with Crippen LogP contribution in [0.15, 0.2) is 0 Å². The van der Waals surface area contributed by atoms with Crippen molar-refractivity contribution in [1.82, 2.24) is 4.90 Å². The van der Waals surface area contributed by atoms with E-state index in [1.54, 1.807) is 0 Å². The zero-order valence-corrected chi connectivity index (χ0v) is 7.40. The normalized spacial score (nSPS) is 23.2. The molecule has 0 radical (unpaired) electrons. The fourth-order valence-corrected chi connectivity index (χ4v) is 1.66. The summed E-state index contributed by atoms with van der Waals surface area (Å²) in [7, 11) is 0. The molecule has 1 saturated heterocycles. The highest BCUT2D eigenvalue weighted by Crippen LogP contribution is 2.16. The van der Waals surface area contributed by atoms with Crippen LogP contribution in [-0.4, -0.2) is 41.0 Å². The Bertz CT molecular complexity index is 217. The maximum Gasteiger partial charge on any atom is 0.304 e. The Morgan fingerprint density at radius 1 is 1.54 bits per heavy atom. The summed E-state index contributed by atoms with van der Waals surface area (Å²) in [5.74, 6) is -1.18. The summed E-state index contributed by atoms with van der Waals surface area (Å²) in [5.41, 5.74) is 5.17. The molecule has 0 aromatic rings. The summed E-state index contributed by atoms with van der Waals surface area (Å²) in [6, 6.07) is -0.251. The third kappa shape index (κ3) is 2.69. The minimum absolute atomic E-state index is 0.0732. The highest BCUT2D eigenvalue weighted by atomic mass is 16.4. The predicted molar refractivity (Wildman–Crippen MR) is 46.0 cm³/mol. The van der Waals surface area contributed by atoms with Crippen molar-refractivity contribution in [2.24, 2.45) is 5.73 Å². The van der Waals surface area contributed by atoms with Crippen molar-refractivity contribution in [3.8, 4) is 0 Å². The van der Waals surface area contributed by atoms with Gasteiger partial charge in [0, 0.05) is 6.54 Å². The number of likely N-dealkylation sites (tertiary alicyclic amines) is 1. The van der Waals surface area contributed by atoms with Crippen LogP contribution < -0.4 is 5.73 Å². The average molecular weight is 186 g/mol. The Balaban J connectivity index is 2.39. The van der Waals surface area contributed by atoms with Gasteiger partial charge in [-0.3, -0.25) is 14.5 Å². The summed E-state index contributed by atoms with van der Waals surface area (Å²) >= 11 is 0. The molecule has 3 N–H and O–H groups in total. The topological polar surface area (TPSA) is 83.6 Å². The van der Waals surface area contributed by atoms with Crippen molar-refractivity contribution >= 4 is 11.9 Å². The molecule has 0 saturated carbocycles. The summed E-state index contributed by atoms with van der Waals surface area (Å²) in [6.07, 6.45) is 1.76. The van der Waals surface area contributed by atoms with Gasteiger partial charge in [-0.1, -0.05) is 0 Å². The van der Waals surface area contributed by atoms with Crippen LogP contribution in [0.5, 0.6) is 0 Å². The molecule has 1 fully saturated rings. The first-order chi connectivity index (χ1) is 6.11. The van der Waals surface area contributed by atoms with Crippen LogP contribution in [-0.2, 0) is 9.59 Å². The average Bonchev–Trinajstić information content (AvgIpc) is 2.47. The molecule has 5 nitrogen and oxygen atoms in total. The second-order valence-electron chi connectivity index (χ2n) is 3.24. The van der Waals surface area contributed by atoms with Crippen LogP contribution in [0.4, 0.5) is 0 Å². The van der Waals surface area contributed by atoms with Crippen molar-refractivity contribution in [1.29, 1.82) is 0 Å². The number of carboxylic acid groups (broad SMARTS) is 1. The lowest BCUT2D eigenvalue weighted by molar-refractivity contribution is -0.138. The third-order valence-electron chi connectivity index (χ3n) is 2.30. The number of hydrogen-bond donors (Lipinski definition) is 2. The maximum absolute atomic E-state index is 10.9. The molecule has 0 bridgehead atoms. The van der Waals surface area contributed by atoms with Crippen LogP contribution in [0.3, 0.4) is 0 Å². The summed E-state index contributed by atoms with van der Waals surface area (Å²) in [6.45, 7) is 1.20. The number of carbonyl (C=O) groups excluding carboxylic acids is 1. The van der Waals surface area contributed by atoms with E-state index >= 15 is 0 Å². The van der Waals surface area contributed by atoms with Gasteiger partial charge in [0.2, 0.25) is 5.91 Å². The summed E-state index contributed by atoms with van der Waals surface area (Å²) < 4.78 is 0. The fourth-order valence-electron chi connectivity index (χ4n) is 1.66. The molecule has 0 aromatic heterocycles. The van der Waals surface area contributed by atoms with E-state index in [1.165, 1.54) is 0 Å². The largest absolute Gasteiger partial charge is 0.481 e. The van der Waals surface area contributed by atoms with Gasteiger partial charge in [0.25, 0.3) is 0 Å². The second-order valence-corrected chi connectivity index (χ2v) is 3.24. The number of primary amides is 1. The van der Waals surface area contributed by atoms with E-state index in [0.29, 0.717) is 6.54 Å². The van der Waals surface area contributed by atoms with Crippen molar-refractivity contribution in [3.05, 3.63) is 0 Å². The standard InChI is InChI=1S/C8H14N2O3/c9-8(13)6-2-1-4-10(6)5-3-7(11)12/h6H,1-5H2,(H2,9,13)(H,11,12). The molecule has 1 atom stereocenters. The number of nitrogens with zero attached hydrogens (tertiary/aromatic N) is 1. The van der Waals surface area contributed by atoms with E-state index in [-0.39, 0.29) is 18.4 Å².